The summed E-state index contributed by atoms with van der Waals surface area (Å²) >= 11 is 3.34. The maximum Gasteiger partial charge on any atom is 0.343 e. The Morgan fingerprint density at radius 1 is 0.722 bits per heavy atom. The van der Waals surface area contributed by atoms with Gasteiger partial charge >= 0.3 is 5.97 Å². The molecule has 4 aromatic carbocycles. The lowest BCUT2D eigenvalue weighted by molar-refractivity contribution is 0.0734. The Morgan fingerprint density at radius 3 is 2.19 bits per heavy atom. The quantitative estimate of drug-likeness (QED) is 0.136. The Balaban J connectivity index is 1.39. The third-order valence-corrected chi connectivity index (χ3v) is 5.52. The van der Waals surface area contributed by atoms with Gasteiger partial charge in [-0.15, -0.1) is 0 Å². The fraction of sp³-hybridized carbons (Fsp3) is 0. The van der Waals surface area contributed by atoms with Crippen molar-refractivity contribution in [1.82, 2.24) is 5.43 Å². The van der Waals surface area contributed by atoms with E-state index in [1.807, 2.05) is 6.07 Å². The molecule has 178 valence electrons. The third-order valence-electron chi connectivity index (χ3n) is 4.99. The van der Waals surface area contributed by atoms with Crippen molar-refractivity contribution in [1.29, 1.82) is 0 Å². The Labute approximate surface area is 215 Å². The molecule has 0 heterocycles. The molecule has 0 aliphatic heterocycles. The number of carbonyl (C=O) groups excluding carboxylic acids is 3. The van der Waals surface area contributed by atoms with Gasteiger partial charge in [-0.1, -0.05) is 52.3 Å². The van der Waals surface area contributed by atoms with Crippen molar-refractivity contribution < 1.29 is 19.1 Å². The van der Waals surface area contributed by atoms with Crippen LogP contribution in [0.1, 0.15) is 36.6 Å². The number of amides is 2. The highest BCUT2D eigenvalue weighted by Gasteiger charge is 2.11. The number of hydrogen-bond acceptors (Lipinski definition) is 5. The van der Waals surface area contributed by atoms with Gasteiger partial charge in [0, 0.05) is 26.9 Å². The molecule has 0 radical (unpaired) electrons. The number of nitrogens with zero attached hydrogens (tertiary/aromatic N) is 1. The lowest BCUT2D eigenvalue weighted by Gasteiger charge is -2.08. The van der Waals surface area contributed by atoms with Crippen LogP contribution in [0.15, 0.2) is 113 Å². The van der Waals surface area contributed by atoms with Crippen LogP contribution in [0.2, 0.25) is 0 Å². The third kappa shape index (κ3) is 6.52. The molecule has 2 amide bonds. The van der Waals surface area contributed by atoms with Gasteiger partial charge in [0.25, 0.3) is 11.8 Å². The average Bonchev–Trinajstić information content (AvgIpc) is 2.90. The normalized spacial score (nSPS) is 10.6. The lowest BCUT2D eigenvalue weighted by Crippen LogP contribution is -2.18. The topological polar surface area (TPSA) is 96.9 Å². The summed E-state index contributed by atoms with van der Waals surface area (Å²) in [6.07, 6.45) is 1.39. The molecule has 0 unspecified atom stereocenters. The van der Waals surface area contributed by atoms with E-state index in [1.165, 1.54) is 6.21 Å². The highest BCUT2D eigenvalue weighted by molar-refractivity contribution is 9.10. The van der Waals surface area contributed by atoms with Crippen molar-refractivity contribution >= 4 is 45.6 Å². The SMILES string of the molecule is O=C(NN=Cc1ccccc1OC(=O)c1ccccc1)c1cccc(NC(=O)c2ccc(Br)cc2)c1. The lowest BCUT2D eigenvalue weighted by atomic mass is 10.1. The van der Waals surface area contributed by atoms with Crippen LogP contribution in [0.25, 0.3) is 0 Å². The fourth-order valence-corrected chi connectivity index (χ4v) is 3.45. The molecule has 36 heavy (non-hydrogen) atoms. The van der Waals surface area contributed by atoms with Gasteiger partial charge in [0.15, 0.2) is 0 Å². The van der Waals surface area contributed by atoms with Crippen LogP contribution in [0.4, 0.5) is 5.69 Å². The smallest absolute Gasteiger partial charge is 0.343 e. The molecular formula is C28H20BrN3O4. The van der Waals surface area contributed by atoms with Gasteiger partial charge in [-0.05, 0) is 66.7 Å². The molecule has 7 nitrogen and oxygen atoms in total. The van der Waals surface area contributed by atoms with Crippen molar-refractivity contribution in [3.8, 4) is 5.75 Å². The van der Waals surface area contributed by atoms with Gasteiger partial charge in [-0.25, -0.2) is 10.2 Å². The molecule has 0 aliphatic rings. The van der Waals surface area contributed by atoms with E-state index in [2.05, 4.69) is 31.8 Å². The van der Waals surface area contributed by atoms with Gasteiger partial charge in [-0.2, -0.15) is 5.10 Å². The zero-order chi connectivity index (χ0) is 25.3. The summed E-state index contributed by atoms with van der Waals surface area (Å²) in [7, 11) is 0. The highest BCUT2D eigenvalue weighted by Crippen LogP contribution is 2.18. The van der Waals surface area contributed by atoms with Crippen molar-refractivity contribution in [3.63, 3.8) is 0 Å². The first-order valence-electron chi connectivity index (χ1n) is 10.9. The van der Waals surface area contributed by atoms with E-state index in [0.29, 0.717) is 33.7 Å². The molecule has 4 aromatic rings. The monoisotopic (exact) mass is 541 g/mol. The molecule has 0 fully saturated rings. The molecule has 0 spiro atoms. The predicted octanol–water partition coefficient (Wildman–Crippen LogP) is 5.68. The Bertz CT molecular complexity index is 1420. The fourth-order valence-electron chi connectivity index (χ4n) is 3.18. The van der Waals surface area contributed by atoms with E-state index in [-0.39, 0.29) is 5.91 Å². The van der Waals surface area contributed by atoms with Crippen LogP contribution in [-0.2, 0) is 0 Å². The minimum absolute atomic E-state index is 0.292. The molecule has 2 N–H and O–H groups in total. The Kier molecular flexibility index (Phi) is 8.00. The summed E-state index contributed by atoms with van der Waals surface area (Å²) in [5, 5.41) is 6.77. The number of para-hydroxylation sites is 1. The number of carbonyl (C=O) groups is 3. The summed E-state index contributed by atoms with van der Waals surface area (Å²) < 4.78 is 6.35. The number of nitrogens with one attached hydrogen (secondary N) is 2. The number of benzene rings is 4. The van der Waals surface area contributed by atoms with Gasteiger partial charge in [0.2, 0.25) is 0 Å². The van der Waals surface area contributed by atoms with Crippen LogP contribution >= 0.6 is 15.9 Å². The standard InChI is InChI=1S/C28H20BrN3O4/c29-23-15-13-19(14-16-23)26(33)31-24-11-6-10-21(17-24)27(34)32-30-18-22-9-4-5-12-25(22)36-28(35)20-7-2-1-3-8-20/h1-18H,(H,31,33)(H,32,34). The van der Waals surface area contributed by atoms with Crippen LogP contribution in [0, 0.1) is 0 Å². The van der Waals surface area contributed by atoms with E-state index in [1.54, 1.807) is 97.1 Å². The maximum atomic E-state index is 12.6. The van der Waals surface area contributed by atoms with Crippen molar-refractivity contribution in [2.45, 2.75) is 0 Å². The molecule has 0 bridgehead atoms. The number of anilines is 1. The second-order valence-electron chi connectivity index (χ2n) is 7.53. The minimum atomic E-state index is -0.498. The summed E-state index contributed by atoms with van der Waals surface area (Å²) in [4.78, 5) is 37.4. The molecule has 0 atom stereocenters. The first-order chi connectivity index (χ1) is 17.5. The van der Waals surface area contributed by atoms with E-state index in [0.717, 1.165) is 4.47 Å². The zero-order valence-electron chi connectivity index (χ0n) is 18.9. The minimum Gasteiger partial charge on any atom is -0.422 e. The first-order valence-corrected chi connectivity index (χ1v) is 11.7. The Morgan fingerprint density at radius 2 is 1.42 bits per heavy atom. The zero-order valence-corrected chi connectivity index (χ0v) is 20.4. The first kappa shape index (κ1) is 24.6. The van der Waals surface area contributed by atoms with Crippen LogP contribution in [0.5, 0.6) is 5.75 Å². The van der Waals surface area contributed by atoms with Crippen molar-refractivity contribution in [2.24, 2.45) is 5.10 Å². The molecule has 4 rings (SSSR count). The van der Waals surface area contributed by atoms with Crippen LogP contribution in [0.3, 0.4) is 0 Å². The van der Waals surface area contributed by atoms with Crippen LogP contribution < -0.4 is 15.5 Å². The summed E-state index contributed by atoms with van der Waals surface area (Å²) in [5.41, 5.74) is 4.65. The average molecular weight is 542 g/mol. The maximum absolute atomic E-state index is 12.6. The van der Waals surface area contributed by atoms with E-state index >= 15 is 0 Å². The second kappa shape index (κ2) is 11.7. The van der Waals surface area contributed by atoms with Gasteiger partial charge in [0.1, 0.15) is 5.75 Å². The second-order valence-corrected chi connectivity index (χ2v) is 8.45. The van der Waals surface area contributed by atoms with E-state index < -0.39 is 11.9 Å². The molecule has 8 heteroatoms. The predicted molar refractivity (Wildman–Crippen MR) is 141 cm³/mol. The van der Waals surface area contributed by atoms with Crippen LogP contribution in [-0.4, -0.2) is 24.0 Å². The van der Waals surface area contributed by atoms with Crippen molar-refractivity contribution in [2.75, 3.05) is 5.32 Å². The molecular weight excluding hydrogens is 522 g/mol. The number of esters is 1. The number of rotatable bonds is 7. The number of halogens is 1. The highest BCUT2D eigenvalue weighted by atomic mass is 79.9. The van der Waals surface area contributed by atoms with E-state index in [4.69, 9.17) is 4.74 Å². The van der Waals surface area contributed by atoms with Gasteiger partial charge < -0.3 is 10.1 Å². The number of hydrogen-bond donors (Lipinski definition) is 2. The van der Waals surface area contributed by atoms with Crippen molar-refractivity contribution in [3.05, 3.63) is 130 Å². The van der Waals surface area contributed by atoms with Gasteiger partial charge in [-0.3, -0.25) is 9.59 Å². The molecule has 0 saturated heterocycles. The van der Waals surface area contributed by atoms with Gasteiger partial charge in [0.05, 0.1) is 11.8 Å². The molecule has 0 aliphatic carbocycles. The largest absolute Gasteiger partial charge is 0.422 e. The summed E-state index contributed by atoms with van der Waals surface area (Å²) in [6, 6.07) is 28.9. The Hall–Kier alpha value is -4.56. The number of ether oxygens (including phenoxy) is 1. The summed E-state index contributed by atoms with van der Waals surface area (Å²) in [5.74, 6) is -0.950. The van der Waals surface area contributed by atoms with E-state index in [9.17, 15) is 14.4 Å². The summed E-state index contributed by atoms with van der Waals surface area (Å²) in [6.45, 7) is 0. The number of hydrazone groups is 1. The molecule has 0 saturated carbocycles. The molecule has 0 aromatic heterocycles.